The van der Waals surface area contributed by atoms with Gasteiger partial charge in [-0.15, -0.1) is 0 Å². The Bertz CT molecular complexity index is 1320. The highest BCUT2D eigenvalue weighted by Crippen LogP contribution is 2.51. The highest BCUT2D eigenvalue weighted by molar-refractivity contribution is 7.92. The van der Waals surface area contributed by atoms with E-state index < -0.39 is 10.0 Å². The number of hydrogen-bond donors (Lipinski definition) is 2. The Morgan fingerprint density at radius 1 is 0.875 bits per heavy atom. The Balaban J connectivity index is 1.49. The molecule has 2 aliphatic rings. The molecule has 3 aromatic rings. The normalized spacial score (nSPS) is 21.5. The molecule has 5 rings (SSSR count). The standard InChI is InChI=1S/C24H19Cl3N2O2S/c25-14-4-7-16(8-5-14)29-32(30,31)17-9-11-23-21(13-17)18-2-1-3-19(18)24(28-23)20-10-6-15(26)12-22(20)27/h1-2,4-13,18-19,24,28-29H,3H2/t18-,19+,24-/m0/s1. The second kappa shape index (κ2) is 8.31. The number of benzene rings is 3. The molecule has 0 amide bonds. The monoisotopic (exact) mass is 504 g/mol. The van der Waals surface area contributed by atoms with E-state index in [4.69, 9.17) is 34.8 Å². The second-order valence-electron chi connectivity index (χ2n) is 8.00. The number of nitrogens with one attached hydrogen (secondary N) is 2. The van der Waals surface area contributed by atoms with Crippen molar-refractivity contribution < 1.29 is 8.42 Å². The number of anilines is 2. The molecule has 32 heavy (non-hydrogen) atoms. The van der Waals surface area contributed by atoms with Gasteiger partial charge in [0.1, 0.15) is 0 Å². The van der Waals surface area contributed by atoms with Crippen molar-refractivity contribution in [1.29, 1.82) is 0 Å². The topological polar surface area (TPSA) is 58.2 Å². The minimum atomic E-state index is -3.75. The minimum absolute atomic E-state index is 0.00177. The van der Waals surface area contributed by atoms with Gasteiger partial charge in [-0.25, -0.2) is 8.42 Å². The van der Waals surface area contributed by atoms with Crippen LogP contribution in [0, 0.1) is 5.92 Å². The average molecular weight is 506 g/mol. The zero-order chi connectivity index (χ0) is 22.5. The highest BCUT2D eigenvalue weighted by Gasteiger charge is 2.39. The third kappa shape index (κ3) is 3.99. The molecule has 4 nitrogen and oxygen atoms in total. The van der Waals surface area contributed by atoms with E-state index in [-0.39, 0.29) is 22.8 Å². The largest absolute Gasteiger partial charge is 0.378 e. The molecule has 0 spiro atoms. The van der Waals surface area contributed by atoms with Crippen molar-refractivity contribution in [3.05, 3.63) is 99.0 Å². The van der Waals surface area contributed by atoms with E-state index >= 15 is 0 Å². The number of rotatable bonds is 4. The van der Waals surface area contributed by atoms with Gasteiger partial charge >= 0.3 is 0 Å². The molecule has 0 saturated heterocycles. The van der Waals surface area contributed by atoms with Gasteiger partial charge in [0.2, 0.25) is 0 Å². The molecule has 3 aromatic carbocycles. The number of allylic oxidation sites excluding steroid dienone is 2. The molecule has 0 unspecified atom stereocenters. The van der Waals surface area contributed by atoms with Crippen LogP contribution in [0.2, 0.25) is 15.1 Å². The lowest BCUT2D eigenvalue weighted by atomic mass is 9.77. The van der Waals surface area contributed by atoms with Crippen LogP contribution in [0.1, 0.15) is 29.5 Å². The molecule has 0 fully saturated rings. The van der Waals surface area contributed by atoms with Crippen molar-refractivity contribution in [2.45, 2.75) is 23.3 Å². The molecule has 0 radical (unpaired) electrons. The summed E-state index contributed by atoms with van der Waals surface area (Å²) in [4.78, 5) is 0.218. The van der Waals surface area contributed by atoms with Crippen LogP contribution in [0.15, 0.2) is 77.7 Å². The smallest absolute Gasteiger partial charge is 0.261 e. The van der Waals surface area contributed by atoms with Gasteiger partial charge in [-0.3, -0.25) is 4.72 Å². The number of fused-ring (bicyclic) bond motifs is 3. The van der Waals surface area contributed by atoms with Crippen molar-refractivity contribution in [3.8, 4) is 0 Å². The Labute approximate surface area is 202 Å². The van der Waals surface area contributed by atoms with Crippen molar-refractivity contribution in [2.24, 2.45) is 5.92 Å². The van der Waals surface area contributed by atoms with E-state index in [0.717, 1.165) is 23.2 Å². The van der Waals surface area contributed by atoms with Crippen molar-refractivity contribution in [3.63, 3.8) is 0 Å². The fourth-order valence-corrected chi connectivity index (χ4v) is 6.28. The van der Waals surface area contributed by atoms with Crippen molar-refractivity contribution in [2.75, 3.05) is 10.0 Å². The first kappa shape index (κ1) is 21.7. The summed E-state index contributed by atoms with van der Waals surface area (Å²) >= 11 is 18.5. The fraction of sp³-hybridized carbons (Fsp3) is 0.167. The third-order valence-corrected chi connectivity index (χ3v) is 8.23. The Morgan fingerprint density at radius 3 is 2.38 bits per heavy atom. The van der Waals surface area contributed by atoms with Crippen LogP contribution in [-0.4, -0.2) is 8.42 Å². The predicted octanol–water partition coefficient (Wildman–Crippen LogP) is 7.27. The molecule has 2 N–H and O–H groups in total. The first-order valence-corrected chi connectivity index (χ1v) is 12.7. The summed E-state index contributed by atoms with van der Waals surface area (Å²) in [5.41, 5.74) is 3.31. The summed E-state index contributed by atoms with van der Waals surface area (Å²) in [5.74, 6) is 0.317. The lowest BCUT2D eigenvalue weighted by Gasteiger charge is -2.38. The van der Waals surface area contributed by atoms with Gasteiger partial charge in [-0.2, -0.15) is 0 Å². The number of halogens is 3. The van der Waals surface area contributed by atoms with Gasteiger partial charge in [-0.05, 0) is 78.1 Å². The van der Waals surface area contributed by atoms with Crippen LogP contribution >= 0.6 is 34.8 Å². The molecular formula is C24H19Cl3N2O2S. The van der Waals surface area contributed by atoms with Crippen LogP contribution in [0.25, 0.3) is 0 Å². The predicted molar refractivity (Wildman–Crippen MR) is 132 cm³/mol. The van der Waals surface area contributed by atoms with Gasteiger partial charge in [0.05, 0.1) is 10.9 Å². The van der Waals surface area contributed by atoms with E-state index in [0.29, 0.717) is 20.8 Å². The first-order valence-electron chi connectivity index (χ1n) is 10.1. The van der Waals surface area contributed by atoms with E-state index in [1.807, 2.05) is 18.2 Å². The Kier molecular flexibility index (Phi) is 5.62. The lowest BCUT2D eigenvalue weighted by Crippen LogP contribution is -2.29. The molecule has 0 bridgehead atoms. The lowest BCUT2D eigenvalue weighted by molar-refractivity contribution is 0.425. The van der Waals surface area contributed by atoms with Crippen LogP contribution in [0.5, 0.6) is 0 Å². The molecule has 0 aromatic heterocycles. The van der Waals surface area contributed by atoms with Gasteiger partial charge in [0.25, 0.3) is 10.0 Å². The first-order chi connectivity index (χ1) is 15.3. The maximum atomic E-state index is 13.0. The molecule has 1 aliphatic heterocycles. The summed E-state index contributed by atoms with van der Waals surface area (Å²) in [7, 11) is -3.75. The second-order valence-corrected chi connectivity index (χ2v) is 11.0. The molecule has 0 saturated carbocycles. The quantitative estimate of drug-likeness (QED) is 0.366. The average Bonchev–Trinajstić information content (AvgIpc) is 3.25. The summed E-state index contributed by atoms with van der Waals surface area (Å²) < 4.78 is 28.6. The summed E-state index contributed by atoms with van der Waals surface area (Å²) in [5, 5.41) is 5.34. The van der Waals surface area contributed by atoms with E-state index in [1.54, 1.807) is 42.5 Å². The molecular weight excluding hydrogens is 487 g/mol. The van der Waals surface area contributed by atoms with Crippen LogP contribution in [-0.2, 0) is 10.0 Å². The van der Waals surface area contributed by atoms with E-state index in [1.165, 1.54) is 0 Å². The van der Waals surface area contributed by atoms with Crippen LogP contribution < -0.4 is 10.0 Å². The number of hydrogen-bond acceptors (Lipinski definition) is 3. The molecule has 1 aliphatic carbocycles. The van der Waals surface area contributed by atoms with E-state index in [9.17, 15) is 8.42 Å². The van der Waals surface area contributed by atoms with E-state index in [2.05, 4.69) is 22.2 Å². The Morgan fingerprint density at radius 2 is 1.62 bits per heavy atom. The summed E-state index contributed by atoms with van der Waals surface area (Å²) in [6, 6.07) is 17.3. The van der Waals surface area contributed by atoms with Gasteiger partial charge in [0, 0.05) is 32.4 Å². The third-order valence-electron chi connectivity index (χ3n) is 6.04. The van der Waals surface area contributed by atoms with Crippen molar-refractivity contribution >= 4 is 56.2 Å². The fourth-order valence-electron chi connectivity index (χ4n) is 4.53. The minimum Gasteiger partial charge on any atom is -0.378 e. The number of sulfonamides is 1. The van der Waals surface area contributed by atoms with Gasteiger partial charge in [-0.1, -0.05) is 53.0 Å². The molecule has 1 heterocycles. The highest BCUT2D eigenvalue weighted by atomic mass is 35.5. The van der Waals surface area contributed by atoms with Crippen LogP contribution in [0.4, 0.5) is 11.4 Å². The zero-order valence-corrected chi connectivity index (χ0v) is 19.8. The maximum absolute atomic E-state index is 13.0. The molecule has 3 atom stereocenters. The molecule has 164 valence electrons. The molecule has 8 heteroatoms. The summed E-state index contributed by atoms with van der Waals surface area (Å²) in [6.45, 7) is 0. The van der Waals surface area contributed by atoms with Gasteiger partial charge < -0.3 is 5.32 Å². The maximum Gasteiger partial charge on any atom is 0.261 e. The van der Waals surface area contributed by atoms with Crippen molar-refractivity contribution in [1.82, 2.24) is 0 Å². The Hall–Kier alpha value is -2.18. The zero-order valence-electron chi connectivity index (χ0n) is 16.7. The van der Waals surface area contributed by atoms with Gasteiger partial charge in [0.15, 0.2) is 0 Å². The van der Waals surface area contributed by atoms with Crippen LogP contribution in [0.3, 0.4) is 0 Å². The SMILES string of the molecule is O=S(=O)(Nc1ccc(Cl)cc1)c1ccc2c(c1)[C@H]1C=CC[C@H]1[C@@H](c1ccc(Cl)cc1Cl)N2. The summed E-state index contributed by atoms with van der Waals surface area (Å²) in [6.07, 6.45) is 5.18.